The van der Waals surface area contributed by atoms with Crippen molar-refractivity contribution in [3.8, 4) is 0 Å². The monoisotopic (exact) mass is 209 g/mol. The van der Waals surface area contributed by atoms with Crippen LogP contribution < -0.4 is 0 Å². The third-order valence-corrected chi connectivity index (χ3v) is 4.79. The fourth-order valence-corrected chi connectivity index (χ4v) is 3.51. The second kappa shape index (κ2) is 3.76. The summed E-state index contributed by atoms with van der Waals surface area (Å²) < 4.78 is 0. The van der Waals surface area contributed by atoms with Crippen LogP contribution in [0.4, 0.5) is 0 Å². The van der Waals surface area contributed by atoms with Crippen LogP contribution in [-0.2, 0) is 0 Å². The fraction of sp³-hybridized carbons (Fsp3) is 1.00. The molecular weight excluding hydrogens is 182 g/mol. The quantitative estimate of drug-likeness (QED) is 0.636. The van der Waals surface area contributed by atoms with Crippen LogP contribution in [0.25, 0.3) is 0 Å². The number of nitrogens with zero attached hydrogens (tertiary/aromatic N) is 1. The van der Waals surface area contributed by atoms with E-state index in [9.17, 15) is 0 Å². The molecule has 0 unspecified atom stereocenters. The van der Waals surface area contributed by atoms with Gasteiger partial charge in [0.2, 0.25) is 0 Å². The molecule has 88 valence electrons. The summed E-state index contributed by atoms with van der Waals surface area (Å²) in [4.78, 5) is 2.66. The molecule has 1 saturated heterocycles. The van der Waals surface area contributed by atoms with Gasteiger partial charge in [-0.3, -0.25) is 4.90 Å². The lowest BCUT2D eigenvalue weighted by Crippen LogP contribution is -2.52. The highest BCUT2D eigenvalue weighted by Crippen LogP contribution is 2.53. The molecule has 1 saturated carbocycles. The van der Waals surface area contributed by atoms with Crippen molar-refractivity contribution >= 4 is 0 Å². The SMILES string of the molecule is CCC1CC2(CCN(C(C)(C)C)CC2)C1. The number of piperidine rings is 1. The molecule has 1 heteroatoms. The molecule has 1 aliphatic heterocycles. The Balaban J connectivity index is 1.83. The molecule has 2 rings (SSSR count). The van der Waals surface area contributed by atoms with Crippen molar-refractivity contribution < 1.29 is 0 Å². The van der Waals surface area contributed by atoms with Gasteiger partial charge >= 0.3 is 0 Å². The number of hydrogen-bond donors (Lipinski definition) is 0. The van der Waals surface area contributed by atoms with Crippen molar-refractivity contribution in [3.05, 3.63) is 0 Å². The van der Waals surface area contributed by atoms with E-state index in [0.29, 0.717) is 5.54 Å². The lowest BCUT2D eigenvalue weighted by atomic mass is 9.57. The summed E-state index contributed by atoms with van der Waals surface area (Å²) in [6.45, 7) is 12.1. The summed E-state index contributed by atoms with van der Waals surface area (Å²) in [5.74, 6) is 1.06. The van der Waals surface area contributed by atoms with Gasteiger partial charge in [0.05, 0.1) is 0 Å². The van der Waals surface area contributed by atoms with Gasteiger partial charge in [0.15, 0.2) is 0 Å². The molecule has 1 aliphatic carbocycles. The van der Waals surface area contributed by atoms with Crippen molar-refractivity contribution in [1.29, 1.82) is 0 Å². The van der Waals surface area contributed by atoms with Gasteiger partial charge in [-0.15, -0.1) is 0 Å². The Hall–Kier alpha value is -0.0400. The molecule has 0 N–H and O–H groups in total. The molecule has 0 aromatic carbocycles. The fourth-order valence-electron chi connectivity index (χ4n) is 3.51. The Morgan fingerprint density at radius 3 is 2.07 bits per heavy atom. The first-order chi connectivity index (χ1) is 6.95. The zero-order valence-corrected chi connectivity index (χ0v) is 11.0. The van der Waals surface area contributed by atoms with Gasteiger partial charge in [0.25, 0.3) is 0 Å². The molecule has 1 spiro atoms. The van der Waals surface area contributed by atoms with Crippen LogP contribution in [0.15, 0.2) is 0 Å². The van der Waals surface area contributed by atoms with Crippen molar-refractivity contribution in [3.63, 3.8) is 0 Å². The molecule has 0 aromatic heterocycles. The first kappa shape index (κ1) is 11.4. The molecule has 2 fully saturated rings. The molecular formula is C14H27N. The molecule has 0 radical (unpaired) electrons. The van der Waals surface area contributed by atoms with E-state index in [2.05, 4.69) is 32.6 Å². The van der Waals surface area contributed by atoms with Crippen LogP contribution in [-0.4, -0.2) is 23.5 Å². The molecule has 15 heavy (non-hydrogen) atoms. The van der Waals surface area contributed by atoms with Gasteiger partial charge < -0.3 is 0 Å². The third-order valence-electron chi connectivity index (χ3n) is 4.79. The van der Waals surface area contributed by atoms with Gasteiger partial charge in [0.1, 0.15) is 0 Å². The van der Waals surface area contributed by atoms with Crippen molar-refractivity contribution in [2.24, 2.45) is 11.3 Å². The lowest BCUT2D eigenvalue weighted by Gasteiger charge is -2.54. The van der Waals surface area contributed by atoms with Crippen LogP contribution in [0.1, 0.15) is 59.8 Å². The summed E-state index contributed by atoms with van der Waals surface area (Å²) in [5.41, 5.74) is 1.16. The Bertz CT molecular complexity index is 210. The maximum atomic E-state index is 2.66. The number of likely N-dealkylation sites (tertiary alicyclic amines) is 1. The lowest BCUT2D eigenvalue weighted by molar-refractivity contribution is -0.0367. The zero-order valence-electron chi connectivity index (χ0n) is 11.0. The van der Waals surface area contributed by atoms with Gasteiger partial charge in [-0.05, 0) is 70.9 Å². The van der Waals surface area contributed by atoms with Gasteiger partial charge in [0, 0.05) is 5.54 Å². The van der Waals surface area contributed by atoms with E-state index in [1.807, 2.05) is 0 Å². The first-order valence-corrected chi connectivity index (χ1v) is 6.70. The van der Waals surface area contributed by atoms with Crippen LogP contribution in [0.2, 0.25) is 0 Å². The smallest absolute Gasteiger partial charge is 0.0125 e. The average molecular weight is 209 g/mol. The molecule has 0 bridgehead atoms. The topological polar surface area (TPSA) is 3.24 Å². The molecule has 1 heterocycles. The predicted octanol–water partition coefficient (Wildman–Crippen LogP) is 3.69. The van der Waals surface area contributed by atoms with Crippen LogP contribution in [0.5, 0.6) is 0 Å². The molecule has 1 nitrogen and oxygen atoms in total. The van der Waals surface area contributed by atoms with E-state index in [0.717, 1.165) is 11.3 Å². The minimum Gasteiger partial charge on any atom is -0.298 e. The molecule has 2 aliphatic rings. The minimum absolute atomic E-state index is 0.384. The predicted molar refractivity (Wildman–Crippen MR) is 66.0 cm³/mol. The van der Waals surface area contributed by atoms with Crippen molar-refractivity contribution in [2.75, 3.05) is 13.1 Å². The Labute approximate surface area is 95.2 Å². The standard InChI is InChI=1S/C14H27N/c1-5-12-10-14(11-12)6-8-15(9-7-14)13(2,3)4/h12H,5-11H2,1-4H3. The summed E-state index contributed by atoms with van der Waals surface area (Å²) in [7, 11) is 0. The second-order valence-electron chi connectivity index (χ2n) is 6.84. The summed E-state index contributed by atoms with van der Waals surface area (Å²) in [6, 6.07) is 0. The van der Waals surface area contributed by atoms with E-state index in [-0.39, 0.29) is 0 Å². The first-order valence-electron chi connectivity index (χ1n) is 6.70. The summed E-state index contributed by atoms with van der Waals surface area (Å²) in [6.07, 6.45) is 7.38. The molecule has 0 atom stereocenters. The Morgan fingerprint density at radius 2 is 1.67 bits per heavy atom. The summed E-state index contributed by atoms with van der Waals surface area (Å²) in [5, 5.41) is 0. The Morgan fingerprint density at radius 1 is 1.13 bits per heavy atom. The third kappa shape index (κ3) is 2.22. The van der Waals surface area contributed by atoms with Crippen LogP contribution >= 0.6 is 0 Å². The molecule has 0 aromatic rings. The van der Waals surface area contributed by atoms with Gasteiger partial charge in [-0.1, -0.05) is 13.3 Å². The normalized spacial score (nSPS) is 28.0. The van der Waals surface area contributed by atoms with E-state index >= 15 is 0 Å². The Kier molecular flexibility index (Phi) is 2.87. The summed E-state index contributed by atoms with van der Waals surface area (Å²) >= 11 is 0. The number of rotatable bonds is 1. The van der Waals surface area contributed by atoms with Crippen LogP contribution in [0, 0.1) is 11.3 Å². The van der Waals surface area contributed by atoms with Crippen molar-refractivity contribution in [2.45, 2.75) is 65.3 Å². The maximum Gasteiger partial charge on any atom is 0.0125 e. The van der Waals surface area contributed by atoms with E-state index in [1.54, 1.807) is 0 Å². The van der Waals surface area contributed by atoms with E-state index in [1.165, 1.54) is 45.2 Å². The molecule has 0 amide bonds. The van der Waals surface area contributed by atoms with E-state index in [4.69, 9.17) is 0 Å². The average Bonchev–Trinajstić information content (AvgIpc) is 2.12. The highest BCUT2D eigenvalue weighted by atomic mass is 15.2. The maximum absolute atomic E-state index is 2.66. The highest BCUT2D eigenvalue weighted by Gasteiger charge is 2.45. The number of hydrogen-bond acceptors (Lipinski definition) is 1. The van der Waals surface area contributed by atoms with Crippen LogP contribution in [0.3, 0.4) is 0 Å². The van der Waals surface area contributed by atoms with E-state index < -0.39 is 0 Å². The van der Waals surface area contributed by atoms with Gasteiger partial charge in [-0.2, -0.15) is 0 Å². The van der Waals surface area contributed by atoms with Gasteiger partial charge in [-0.25, -0.2) is 0 Å². The minimum atomic E-state index is 0.384. The zero-order chi connectivity index (χ0) is 11.1. The highest BCUT2D eigenvalue weighted by molar-refractivity contribution is 4.98. The second-order valence-corrected chi connectivity index (χ2v) is 6.84. The largest absolute Gasteiger partial charge is 0.298 e. The van der Waals surface area contributed by atoms with Crippen molar-refractivity contribution in [1.82, 2.24) is 4.90 Å².